The molecule has 0 saturated heterocycles. The van der Waals surface area contributed by atoms with E-state index < -0.39 is 0 Å². The van der Waals surface area contributed by atoms with E-state index in [9.17, 15) is 0 Å². The predicted octanol–water partition coefficient (Wildman–Crippen LogP) is 5.15. The summed E-state index contributed by atoms with van der Waals surface area (Å²) in [6, 6.07) is 23.1. The van der Waals surface area contributed by atoms with Crippen molar-refractivity contribution in [2.75, 3.05) is 0 Å². The monoisotopic (exact) mass is 275 g/mol. The van der Waals surface area contributed by atoms with Crippen molar-refractivity contribution in [2.45, 2.75) is 6.42 Å². The molecule has 0 N–H and O–H groups in total. The first-order valence-electron chi connectivity index (χ1n) is 6.47. The van der Waals surface area contributed by atoms with E-state index in [-0.39, 0.29) is 0 Å². The van der Waals surface area contributed by atoms with Gasteiger partial charge in [0.05, 0.1) is 12.5 Å². The van der Waals surface area contributed by atoms with Crippen LogP contribution in [-0.2, 0) is 6.42 Å². The summed E-state index contributed by atoms with van der Waals surface area (Å²) in [7, 11) is 0. The molecule has 96 valence electrons. The van der Waals surface area contributed by atoms with E-state index in [4.69, 9.17) is 5.26 Å². The summed E-state index contributed by atoms with van der Waals surface area (Å²) in [5, 5.41) is 10.9. The lowest BCUT2D eigenvalue weighted by molar-refractivity contribution is 1.26. The molecule has 0 aliphatic heterocycles. The van der Waals surface area contributed by atoms with Crippen molar-refractivity contribution in [1.82, 2.24) is 0 Å². The van der Waals surface area contributed by atoms with Crippen LogP contribution < -0.4 is 0 Å². The fraction of sp³-hybridized carbons (Fsp3) is 0.0556. The Bertz CT molecular complexity index is 734. The van der Waals surface area contributed by atoms with Crippen LogP contribution >= 0.6 is 11.3 Å². The molecule has 0 bridgehead atoms. The minimum Gasteiger partial charge on any atom is -0.198 e. The Labute approximate surface area is 122 Å². The summed E-state index contributed by atoms with van der Waals surface area (Å²) in [6.07, 6.45) is 0.459. The predicted molar refractivity (Wildman–Crippen MR) is 84.5 cm³/mol. The molecule has 0 fully saturated rings. The smallest absolute Gasteiger partial charge is 0.0669 e. The summed E-state index contributed by atoms with van der Waals surface area (Å²) in [5.41, 5.74) is 4.66. The number of rotatable bonds is 3. The van der Waals surface area contributed by atoms with E-state index in [1.165, 1.54) is 16.0 Å². The Kier molecular flexibility index (Phi) is 3.62. The Balaban J connectivity index is 1.91. The summed E-state index contributed by atoms with van der Waals surface area (Å²) < 4.78 is 0. The molecule has 0 atom stereocenters. The SMILES string of the molecule is N#CCc1cccc(-c2ccc(-c3cccs3)cc2)c1. The van der Waals surface area contributed by atoms with Crippen molar-refractivity contribution in [2.24, 2.45) is 0 Å². The van der Waals surface area contributed by atoms with Gasteiger partial charge in [0.1, 0.15) is 0 Å². The highest BCUT2D eigenvalue weighted by molar-refractivity contribution is 7.13. The molecule has 0 unspecified atom stereocenters. The molecule has 0 radical (unpaired) electrons. The Morgan fingerprint density at radius 3 is 2.35 bits per heavy atom. The van der Waals surface area contributed by atoms with Gasteiger partial charge in [-0.25, -0.2) is 0 Å². The number of thiophene rings is 1. The van der Waals surface area contributed by atoms with Gasteiger partial charge in [-0.1, -0.05) is 54.6 Å². The standard InChI is InChI=1S/C18H13NS/c19-11-10-14-3-1-4-17(13-14)15-6-8-16(9-7-15)18-5-2-12-20-18/h1-9,12-13H,10H2. The minimum absolute atomic E-state index is 0.459. The Hall–Kier alpha value is -2.37. The molecule has 0 saturated carbocycles. The van der Waals surface area contributed by atoms with E-state index >= 15 is 0 Å². The zero-order valence-corrected chi connectivity index (χ0v) is 11.7. The highest BCUT2D eigenvalue weighted by Gasteiger charge is 2.02. The molecule has 2 heteroatoms. The molecule has 0 aliphatic rings. The first-order valence-corrected chi connectivity index (χ1v) is 7.35. The first-order chi connectivity index (χ1) is 9.86. The zero-order chi connectivity index (χ0) is 13.8. The fourth-order valence-electron chi connectivity index (χ4n) is 2.22. The van der Waals surface area contributed by atoms with Gasteiger partial charge in [-0.2, -0.15) is 5.26 Å². The highest BCUT2D eigenvalue weighted by Crippen LogP contribution is 2.28. The maximum Gasteiger partial charge on any atom is 0.0669 e. The van der Waals surface area contributed by atoms with E-state index in [1.807, 2.05) is 12.1 Å². The lowest BCUT2D eigenvalue weighted by Gasteiger charge is -2.05. The minimum atomic E-state index is 0.459. The molecule has 0 aliphatic carbocycles. The number of hydrogen-bond acceptors (Lipinski definition) is 2. The molecule has 2 aromatic carbocycles. The van der Waals surface area contributed by atoms with Gasteiger partial charge in [0.15, 0.2) is 0 Å². The molecular formula is C18H13NS. The molecule has 0 spiro atoms. The number of nitrogens with zero attached hydrogens (tertiary/aromatic N) is 1. The molecule has 1 aromatic heterocycles. The zero-order valence-electron chi connectivity index (χ0n) is 10.9. The maximum atomic E-state index is 8.77. The second-order valence-corrected chi connectivity index (χ2v) is 5.54. The highest BCUT2D eigenvalue weighted by atomic mass is 32.1. The Morgan fingerprint density at radius 2 is 1.65 bits per heavy atom. The van der Waals surface area contributed by atoms with Gasteiger partial charge in [0.2, 0.25) is 0 Å². The molecule has 3 rings (SSSR count). The van der Waals surface area contributed by atoms with Crippen LogP contribution in [0.15, 0.2) is 66.0 Å². The van der Waals surface area contributed by atoms with Crippen LogP contribution in [0.2, 0.25) is 0 Å². The van der Waals surface area contributed by atoms with E-state index in [0.717, 1.165) is 11.1 Å². The lowest BCUT2D eigenvalue weighted by atomic mass is 10.0. The van der Waals surface area contributed by atoms with Crippen LogP contribution in [0, 0.1) is 11.3 Å². The largest absolute Gasteiger partial charge is 0.198 e. The summed E-state index contributed by atoms with van der Waals surface area (Å²) in [4.78, 5) is 1.29. The van der Waals surface area contributed by atoms with Gasteiger partial charge < -0.3 is 0 Å². The van der Waals surface area contributed by atoms with Crippen molar-refractivity contribution < 1.29 is 0 Å². The number of benzene rings is 2. The Morgan fingerprint density at radius 1 is 0.850 bits per heavy atom. The quantitative estimate of drug-likeness (QED) is 0.648. The topological polar surface area (TPSA) is 23.8 Å². The van der Waals surface area contributed by atoms with Gasteiger partial charge in [0, 0.05) is 4.88 Å². The van der Waals surface area contributed by atoms with Crippen molar-refractivity contribution >= 4 is 11.3 Å². The number of nitriles is 1. The maximum absolute atomic E-state index is 8.77. The van der Waals surface area contributed by atoms with Crippen molar-refractivity contribution in [3.63, 3.8) is 0 Å². The second kappa shape index (κ2) is 5.73. The summed E-state index contributed by atoms with van der Waals surface area (Å²) in [6.45, 7) is 0. The molecule has 1 heterocycles. The van der Waals surface area contributed by atoms with Crippen LogP contribution in [0.3, 0.4) is 0 Å². The average Bonchev–Trinajstić information content (AvgIpc) is 3.02. The van der Waals surface area contributed by atoms with E-state index in [0.29, 0.717) is 6.42 Å². The molecular weight excluding hydrogens is 262 g/mol. The van der Waals surface area contributed by atoms with Gasteiger partial charge in [0.25, 0.3) is 0 Å². The summed E-state index contributed by atoms with van der Waals surface area (Å²) in [5.74, 6) is 0. The van der Waals surface area contributed by atoms with E-state index in [2.05, 4.69) is 60.0 Å². The van der Waals surface area contributed by atoms with Crippen LogP contribution in [0.25, 0.3) is 21.6 Å². The van der Waals surface area contributed by atoms with E-state index in [1.54, 1.807) is 11.3 Å². The third-order valence-corrected chi connectivity index (χ3v) is 4.15. The lowest BCUT2D eigenvalue weighted by Crippen LogP contribution is -1.84. The molecule has 3 aromatic rings. The van der Waals surface area contributed by atoms with Crippen molar-refractivity contribution in [3.8, 4) is 27.6 Å². The van der Waals surface area contributed by atoms with Crippen molar-refractivity contribution in [1.29, 1.82) is 5.26 Å². The third-order valence-electron chi connectivity index (χ3n) is 3.23. The van der Waals surface area contributed by atoms with Gasteiger partial charge in [-0.05, 0) is 33.7 Å². The van der Waals surface area contributed by atoms with Crippen molar-refractivity contribution in [3.05, 3.63) is 71.6 Å². The van der Waals surface area contributed by atoms with Gasteiger partial charge >= 0.3 is 0 Å². The normalized spacial score (nSPS) is 10.2. The van der Waals surface area contributed by atoms with Gasteiger partial charge in [-0.3, -0.25) is 0 Å². The first kappa shape index (κ1) is 12.7. The molecule has 20 heavy (non-hydrogen) atoms. The molecule has 0 amide bonds. The van der Waals surface area contributed by atoms with Crippen LogP contribution in [0.4, 0.5) is 0 Å². The summed E-state index contributed by atoms with van der Waals surface area (Å²) >= 11 is 1.75. The number of hydrogen-bond donors (Lipinski definition) is 0. The van der Waals surface area contributed by atoms with Gasteiger partial charge in [-0.15, -0.1) is 11.3 Å². The molecule has 1 nitrogen and oxygen atoms in total. The van der Waals surface area contributed by atoms with Crippen LogP contribution in [0.1, 0.15) is 5.56 Å². The second-order valence-electron chi connectivity index (χ2n) is 4.59. The van der Waals surface area contributed by atoms with Crippen LogP contribution in [-0.4, -0.2) is 0 Å². The average molecular weight is 275 g/mol. The fourth-order valence-corrected chi connectivity index (χ4v) is 2.95. The van der Waals surface area contributed by atoms with Crippen LogP contribution in [0.5, 0.6) is 0 Å². The third kappa shape index (κ3) is 2.64.